The molecule has 2 aromatic rings. The molecule has 0 atom stereocenters. The lowest BCUT2D eigenvalue weighted by atomic mass is 10.3. The van der Waals surface area contributed by atoms with Gasteiger partial charge in [-0.3, -0.25) is 4.79 Å². The van der Waals surface area contributed by atoms with Gasteiger partial charge in [0.2, 0.25) is 0 Å². The molecule has 0 radical (unpaired) electrons. The molecule has 0 spiro atoms. The van der Waals surface area contributed by atoms with E-state index in [1.807, 2.05) is 0 Å². The van der Waals surface area contributed by atoms with Crippen molar-refractivity contribution < 1.29 is 19.1 Å². The van der Waals surface area contributed by atoms with Crippen LogP contribution < -0.4 is 10.1 Å². The van der Waals surface area contributed by atoms with Crippen molar-refractivity contribution in [1.82, 2.24) is 4.98 Å². The molecule has 1 heterocycles. The van der Waals surface area contributed by atoms with Gasteiger partial charge < -0.3 is 19.8 Å². The van der Waals surface area contributed by atoms with E-state index in [1.54, 1.807) is 49.5 Å². The Morgan fingerprint density at radius 3 is 2.81 bits per heavy atom. The molecule has 1 amide bonds. The third kappa shape index (κ3) is 4.38. The van der Waals surface area contributed by atoms with E-state index in [-0.39, 0.29) is 12.5 Å². The number of H-pyrrole nitrogens is 1. The fraction of sp³-hybridized carbons (Fsp3) is 0.200. The smallest absolute Gasteiger partial charge is 0.344 e. The average molecular weight is 288 g/mol. The van der Waals surface area contributed by atoms with E-state index in [4.69, 9.17) is 9.47 Å². The number of esters is 1. The van der Waals surface area contributed by atoms with Gasteiger partial charge >= 0.3 is 5.97 Å². The van der Waals surface area contributed by atoms with Crippen LogP contribution in [0.2, 0.25) is 0 Å². The summed E-state index contributed by atoms with van der Waals surface area (Å²) in [6.07, 6.45) is 1.67. The first-order valence-electron chi connectivity index (χ1n) is 6.52. The summed E-state index contributed by atoms with van der Waals surface area (Å²) in [7, 11) is 0. The van der Waals surface area contributed by atoms with E-state index in [0.29, 0.717) is 23.7 Å². The number of amides is 1. The first-order valence-corrected chi connectivity index (χ1v) is 6.52. The first-order chi connectivity index (χ1) is 10.2. The van der Waals surface area contributed by atoms with E-state index >= 15 is 0 Å². The van der Waals surface area contributed by atoms with Gasteiger partial charge in [0.1, 0.15) is 11.4 Å². The topological polar surface area (TPSA) is 80.4 Å². The van der Waals surface area contributed by atoms with Crippen LogP contribution in [0.5, 0.6) is 5.75 Å². The van der Waals surface area contributed by atoms with E-state index in [1.165, 1.54) is 0 Å². The lowest BCUT2D eigenvalue weighted by Crippen LogP contribution is -2.15. The lowest BCUT2D eigenvalue weighted by molar-refractivity contribution is -0.145. The highest BCUT2D eigenvalue weighted by atomic mass is 16.6. The molecular weight excluding hydrogens is 272 g/mol. The van der Waals surface area contributed by atoms with Crippen molar-refractivity contribution in [2.75, 3.05) is 18.5 Å². The third-order valence-corrected chi connectivity index (χ3v) is 2.60. The molecule has 0 aliphatic rings. The van der Waals surface area contributed by atoms with Crippen LogP contribution in [-0.2, 0) is 9.53 Å². The Balaban J connectivity index is 1.94. The molecule has 0 aliphatic heterocycles. The van der Waals surface area contributed by atoms with Crippen molar-refractivity contribution >= 4 is 17.6 Å². The molecule has 6 nitrogen and oxygen atoms in total. The fourth-order valence-corrected chi connectivity index (χ4v) is 1.68. The van der Waals surface area contributed by atoms with Crippen molar-refractivity contribution in [2.24, 2.45) is 0 Å². The van der Waals surface area contributed by atoms with Crippen LogP contribution >= 0.6 is 0 Å². The molecule has 2 rings (SSSR count). The summed E-state index contributed by atoms with van der Waals surface area (Å²) in [6, 6.07) is 10.2. The third-order valence-electron chi connectivity index (χ3n) is 2.60. The minimum absolute atomic E-state index is 0.165. The largest absolute Gasteiger partial charge is 0.482 e. The molecule has 0 saturated carbocycles. The molecule has 1 aromatic heterocycles. The molecule has 0 fully saturated rings. The standard InChI is InChI=1S/C15H16N2O4/c1-2-20-14(18)10-21-12-6-3-5-11(9-12)17-15(19)13-7-4-8-16-13/h3-9,16H,2,10H2,1H3,(H,17,19). The summed E-state index contributed by atoms with van der Waals surface area (Å²) >= 11 is 0. The molecule has 2 N–H and O–H groups in total. The van der Waals surface area contributed by atoms with Crippen LogP contribution in [-0.4, -0.2) is 30.1 Å². The molecule has 110 valence electrons. The van der Waals surface area contributed by atoms with Crippen LogP contribution in [0.15, 0.2) is 42.6 Å². The zero-order valence-electron chi connectivity index (χ0n) is 11.6. The Kier molecular flexibility index (Phi) is 4.98. The second-order valence-electron chi connectivity index (χ2n) is 4.16. The minimum Gasteiger partial charge on any atom is -0.482 e. The van der Waals surface area contributed by atoms with Gasteiger partial charge in [-0.25, -0.2) is 4.79 Å². The van der Waals surface area contributed by atoms with Crippen molar-refractivity contribution in [3.05, 3.63) is 48.3 Å². The van der Waals surface area contributed by atoms with E-state index in [9.17, 15) is 9.59 Å². The summed E-state index contributed by atoms with van der Waals surface area (Å²) in [5.41, 5.74) is 1.05. The number of aromatic amines is 1. The summed E-state index contributed by atoms with van der Waals surface area (Å²) in [5.74, 6) is -0.201. The van der Waals surface area contributed by atoms with Crippen molar-refractivity contribution in [3.8, 4) is 5.75 Å². The maximum Gasteiger partial charge on any atom is 0.344 e. The highest BCUT2D eigenvalue weighted by Crippen LogP contribution is 2.18. The number of ether oxygens (including phenoxy) is 2. The maximum atomic E-state index is 11.9. The summed E-state index contributed by atoms with van der Waals surface area (Å²) in [4.78, 5) is 25.9. The SMILES string of the molecule is CCOC(=O)COc1cccc(NC(=O)c2ccc[nH]2)c1. The van der Waals surface area contributed by atoms with Crippen molar-refractivity contribution in [1.29, 1.82) is 0 Å². The highest BCUT2D eigenvalue weighted by molar-refractivity contribution is 6.03. The predicted molar refractivity (Wildman–Crippen MR) is 77.3 cm³/mol. The monoisotopic (exact) mass is 288 g/mol. The Bertz CT molecular complexity index is 608. The first kappa shape index (κ1) is 14.6. The van der Waals surface area contributed by atoms with Crippen LogP contribution in [0.25, 0.3) is 0 Å². The van der Waals surface area contributed by atoms with Crippen molar-refractivity contribution in [3.63, 3.8) is 0 Å². The average Bonchev–Trinajstić information content (AvgIpc) is 3.00. The molecule has 1 aromatic carbocycles. The second-order valence-corrected chi connectivity index (χ2v) is 4.16. The number of rotatable bonds is 6. The lowest BCUT2D eigenvalue weighted by Gasteiger charge is -2.08. The van der Waals surface area contributed by atoms with E-state index in [0.717, 1.165) is 0 Å². The second kappa shape index (κ2) is 7.14. The summed E-state index contributed by atoms with van der Waals surface area (Å²) in [6.45, 7) is 1.88. The number of carbonyl (C=O) groups is 2. The number of hydrogen-bond donors (Lipinski definition) is 2. The number of hydrogen-bond acceptors (Lipinski definition) is 4. The summed E-state index contributed by atoms with van der Waals surface area (Å²) < 4.78 is 10.1. The van der Waals surface area contributed by atoms with Gasteiger partial charge in [0.15, 0.2) is 6.61 Å². The Morgan fingerprint density at radius 1 is 1.24 bits per heavy atom. The summed E-state index contributed by atoms with van der Waals surface area (Å²) in [5, 5.41) is 2.73. The van der Waals surface area contributed by atoms with Gasteiger partial charge in [0.05, 0.1) is 6.61 Å². The van der Waals surface area contributed by atoms with Gasteiger partial charge in [-0.05, 0) is 31.2 Å². The molecule has 0 bridgehead atoms. The van der Waals surface area contributed by atoms with Crippen molar-refractivity contribution in [2.45, 2.75) is 6.92 Å². The number of aromatic nitrogens is 1. The number of carbonyl (C=O) groups excluding carboxylic acids is 2. The fourth-order valence-electron chi connectivity index (χ4n) is 1.68. The zero-order valence-corrected chi connectivity index (χ0v) is 11.6. The minimum atomic E-state index is -0.432. The number of benzene rings is 1. The van der Waals surface area contributed by atoms with Gasteiger partial charge in [0, 0.05) is 18.0 Å². The Labute approximate surface area is 122 Å². The van der Waals surface area contributed by atoms with Crippen LogP contribution in [0.1, 0.15) is 17.4 Å². The molecule has 0 saturated heterocycles. The number of nitrogens with one attached hydrogen (secondary N) is 2. The molecular formula is C15H16N2O4. The van der Waals surface area contributed by atoms with Gasteiger partial charge in [-0.1, -0.05) is 6.07 Å². The van der Waals surface area contributed by atoms with E-state index < -0.39 is 5.97 Å². The maximum absolute atomic E-state index is 11.9. The zero-order chi connectivity index (χ0) is 15.1. The molecule has 0 aliphatic carbocycles. The van der Waals surface area contributed by atoms with Crippen LogP contribution in [0.3, 0.4) is 0 Å². The predicted octanol–water partition coefficient (Wildman–Crippen LogP) is 2.21. The highest BCUT2D eigenvalue weighted by Gasteiger charge is 2.08. The van der Waals surface area contributed by atoms with Gasteiger partial charge in [0.25, 0.3) is 5.91 Å². The van der Waals surface area contributed by atoms with Crippen LogP contribution in [0.4, 0.5) is 5.69 Å². The Hall–Kier alpha value is -2.76. The molecule has 6 heteroatoms. The quantitative estimate of drug-likeness (QED) is 0.799. The number of anilines is 1. The molecule has 21 heavy (non-hydrogen) atoms. The van der Waals surface area contributed by atoms with Gasteiger partial charge in [-0.15, -0.1) is 0 Å². The van der Waals surface area contributed by atoms with Gasteiger partial charge in [-0.2, -0.15) is 0 Å². The molecule has 0 unspecified atom stereocenters. The van der Waals surface area contributed by atoms with Crippen LogP contribution in [0, 0.1) is 0 Å². The van der Waals surface area contributed by atoms with E-state index in [2.05, 4.69) is 10.3 Å². The normalized spacial score (nSPS) is 9.95. The Morgan fingerprint density at radius 2 is 2.10 bits per heavy atom.